The summed E-state index contributed by atoms with van der Waals surface area (Å²) in [5, 5.41) is 12.6. The number of allylic oxidation sites excluding steroid dienone is 3. The summed E-state index contributed by atoms with van der Waals surface area (Å²) in [6.45, 7) is 1.28. The van der Waals surface area contributed by atoms with Gasteiger partial charge in [-0.05, 0) is 30.7 Å². The fourth-order valence-corrected chi connectivity index (χ4v) is 3.44. The number of carbonyl (C=O) groups is 3. The van der Waals surface area contributed by atoms with Gasteiger partial charge < -0.3 is 24.0 Å². The Morgan fingerprint density at radius 1 is 1.30 bits per heavy atom. The van der Waals surface area contributed by atoms with Crippen LogP contribution in [0.5, 0.6) is 11.5 Å². The standard InChI is InChI=1S/C22H19N3O8/c1-2-31-19(28)11-32-14-4-6-16(17(26)8-14)18(27)10-25-9-13-7-12(3-5-15(13)21(25)29)20-23-22(30)33-24-20/h3-9,15,26H,2,10-11H2,1H3,(H,23,24,30). The SMILES string of the molecule is CCOC(=O)COc1ccc(C(=O)CN2C=C3C=C(c4nc(=O)o[nH]4)C=CC3C2=O)c(O)c1. The van der Waals surface area contributed by atoms with Crippen molar-refractivity contribution in [3.63, 3.8) is 0 Å². The summed E-state index contributed by atoms with van der Waals surface area (Å²) in [6, 6.07) is 4.01. The number of phenols is 1. The van der Waals surface area contributed by atoms with E-state index in [0.717, 1.165) is 0 Å². The van der Waals surface area contributed by atoms with Crippen molar-refractivity contribution in [2.24, 2.45) is 5.92 Å². The van der Waals surface area contributed by atoms with Crippen molar-refractivity contribution in [3.05, 3.63) is 70.1 Å². The van der Waals surface area contributed by atoms with Gasteiger partial charge in [0, 0.05) is 17.8 Å². The molecule has 1 aromatic heterocycles. The molecule has 1 atom stereocenters. The van der Waals surface area contributed by atoms with E-state index in [0.29, 0.717) is 11.1 Å². The number of ketones is 1. The average Bonchev–Trinajstić information content (AvgIpc) is 3.35. The summed E-state index contributed by atoms with van der Waals surface area (Å²) in [7, 11) is 0. The number of ether oxygens (including phenoxy) is 2. The largest absolute Gasteiger partial charge is 0.507 e. The molecular formula is C22H19N3O8. The maximum absolute atomic E-state index is 12.7. The smallest absolute Gasteiger partial charge is 0.460 e. The summed E-state index contributed by atoms with van der Waals surface area (Å²) in [5.74, 6) is -2.58. The highest BCUT2D eigenvalue weighted by Crippen LogP contribution is 2.33. The summed E-state index contributed by atoms with van der Waals surface area (Å²) in [5.41, 5.74) is 1.19. The molecule has 0 saturated carbocycles. The first kappa shape index (κ1) is 21.8. The van der Waals surface area contributed by atoms with Gasteiger partial charge in [0.15, 0.2) is 18.2 Å². The lowest BCUT2D eigenvalue weighted by atomic mass is 9.93. The van der Waals surface area contributed by atoms with E-state index >= 15 is 0 Å². The Kier molecular flexibility index (Phi) is 5.94. The van der Waals surface area contributed by atoms with Crippen molar-refractivity contribution in [2.75, 3.05) is 19.8 Å². The molecule has 2 aliphatic rings. The first-order valence-electron chi connectivity index (χ1n) is 9.98. The number of nitrogens with zero attached hydrogens (tertiary/aromatic N) is 2. The molecule has 1 aliphatic heterocycles. The van der Waals surface area contributed by atoms with Crippen molar-refractivity contribution in [2.45, 2.75) is 6.92 Å². The van der Waals surface area contributed by atoms with E-state index in [9.17, 15) is 24.3 Å². The molecule has 2 heterocycles. The van der Waals surface area contributed by atoms with Crippen LogP contribution in [-0.4, -0.2) is 57.6 Å². The van der Waals surface area contributed by atoms with E-state index in [2.05, 4.69) is 14.7 Å². The number of aromatic hydroxyl groups is 1. The highest BCUT2D eigenvalue weighted by Gasteiger charge is 2.34. The van der Waals surface area contributed by atoms with Gasteiger partial charge in [-0.3, -0.25) is 9.59 Å². The number of phenolic OH excluding ortho intramolecular Hbond substituents is 1. The highest BCUT2D eigenvalue weighted by atomic mass is 16.6. The summed E-state index contributed by atoms with van der Waals surface area (Å²) in [4.78, 5) is 52.9. The Bertz CT molecular complexity index is 1270. The van der Waals surface area contributed by atoms with Crippen LogP contribution < -0.4 is 10.5 Å². The van der Waals surface area contributed by atoms with Gasteiger partial charge in [0.1, 0.15) is 11.5 Å². The monoisotopic (exact) mass is 453 g/mol. The average molecular weight is 453 g/mol. The molecule has 2 aromatic rings. The molecule has 170 valence electrons. The molecule has 0 radical (unpaired) electrons. The molecular weight excluding hydrogens is 434 g/mol. The topological polar surface area (TPSA) is 152 Å². The third kappa shape index (κ3) is 4.61. The molecule has 0 fully saturated rings. The molecule has 33 heavy (non-hydrogen) atoms. The van der Waals surface area contributed by atoms with Crippen LogP contribution in [-0.2, 0) is 14.3 Å². The Morgan fingerprint density at radius 3 is 2.82 bits per heavy atom. The van der Waals surface area contributed by atoms with E-state index in [4.69, 9.17) is 9.47 Å². The van der Waals surface area contributed by atoms with Gasteiger partial charge in [0.05, 0.1) is 24.6 Å². The van der Waals surface area contributed by atoms with Gasteiger partial charge in [-0.25, -0.2) is 9.59 Å². The van der Waals surface area contributed by atoms with E-state index < -0.39 is 23.4 Å². The molecule has 0 spiro atoms. The van der Waals surface area contributed by atoms with Crippen LogP contribution in [0.25, 0.3) is 5.57 Å². The van der Waals surface area contributed by atoms with Gasteiger partial charge in [0.2, 0.25) is 5.91 Å². The number of nitrogens with one attached hydrogen (secondary N) is 1. The number of aromatic nitrogens is 2. The predicted molar refractivity (Wildman–Crippen MR) is 112 cm³/mol. The van der Waals surface area contributed by atoms with Crippen LogP contribution in [0.2, 0.25) is 0 Å². The molecule has 4 rings (SSSR count). The third-order valence-corrected chi connectivity index (χ3v) is 4.96. The second kappa shape index (κ2) is 8.99. The number of esters is 1. The minimum absolute atomic E-state index is 0.00602. The van der Waals surface area contributed by atoms with Gasteiger partial charge in [-0.15, -0.1) is 0 Å². The van der Waals surface area contributed by atoms with Gasteiger partial charge in [-0.1, -0.05) is 12.2 Å². The van der Waals surface area contributed by atoms with Crippen LogP contribution in [0.15, 0.2) is 57.5 Å². The number of carbonyl (C=O) groups excluding carboxylic acids is 3. The Balaban J connectivity index is 1.44. The number of hydrogen-bond acceptors (Lipinski definition) is 9. The van der Waals surface area contributed by atoms with E-state index in [-0.39, 0.29) is 48.6 Å². The zero-order valence-electron chi connectivity index (χ0n) is 17.4. The fraction of sp³-hybridized carbons (Fsp3) is 0.227. The van der Waals surface area contributed by atoms with Crippen molar-refractivity contribution in [1.82, 2.24) is 15.0 Å². The quantitative estimate of drug-likeness (QED) is 0.443. The molecule has 11 heteroatoms. The van der Waals surface area contributed by atoms with Crippen LogP contribution >= 0.6 is 0 Å². The summed E-state index contributed by atoms with van der Waals surface area (Å²) < 4.78 is 14.6. The van der Waals surface area contributed by atoms with Gasteiger partial charge in [-0.2, -0.15) is 10.1 Å². The zero-order valence-corrected chi connectivity index (χ0v) is 17.4. The van der Waals surface area contributed by atoms with E-state index in [1.807, 2.05) is 0 Å². The lowest BCUT2D eigenvalue weighted by Gasteiger charge is -2.16. The lowest BCUT2D eigenvalue weighted by Crippen LogP contribution is -2.31. The van der Waals surface area contributed by atoms with Gasteiger partial charge >= 0.3 is 11.7 Å². The van der Waals surface area contributed by atoms with Gasteiger partial charge in [0.25, 0.3) is 0 Å². The van der Waals surface area contributed by atoms with E-state index in [1.165, 1.54) is 23.1 Å². The molecule has 1 unspecified atom stereocenters. The van der Waals surface area contributed by atoms with Crippen molar-refractivity contribution < 1.29 is 33.5 Å². The molecule has 1 aromatic carbocycles. The molecule has 1 aliphatic carbocycles. The minimum Gasteiger partial charge on any atom is -0.507 e. The molecule has 1 amide bonds. The second-order valence-corrected chi connectivity index (χ2v) is 7.16. The number of amides is 1. The Hall–Kier alpha value is -4.41. The third-order valence-electron chi connectivity index (χ3n) is 4.96. The maximum atomic E-state index is 12.7. The number of Topliss-reactive ketones (excluding diaryl/α,β-unsaturated/α-hetero) is 1. The number of aromatic amines is 1. The minimum atomic E-state index is -0.762. The maximum Gasteiger partial charge on any atom is 0.460 e. The molecule has 0 saturated heterocycles. The van der Waals surface area contributed by atoms with E-state index in [1.54, 1.807) is 31.4 Å². The normalized spacial score (nSPS) is 16.8. The van der Waals surface area contributed by atoms with Crippen molar-refractivity contribution in [1.29, 1.82) is 0 Å². The predicted octanol–water partition coefficient (Wildman–Crippen LogP) is 1.19. The summed E-state index contributed by atoms with van der Waals surface area (Å²) >= 11 is 0. The first-order valence-corrected chi connectivity index (χ1v) is 9.98. The first-order chi connectivity index (χ1) is 15.9. The Labute approximate surface area is 186 Å². The van der Waals surface area contributed by atoms with Crippen LogP contribution in [0.4, 0.5) is 0 Å². The number of H-pyrrole nitrogens is 1. The Morgan fingerprint density at radius 2 is 2.12 bits per heavy atom. The van der Waals surface area contributed by atoms with Crippen molar-refractivity contribution in [3.8, 4) is 11.5 Å². The fourth-order valence-electron chi connectivity index (χ4n) is 3.44. The van der Waals surface area contributed by atoms with Crippen molar-refractivity contribution >= 4 is 23.2 Å². The number of rotatable bonds is 8. The number of hydrogen-bond donors (Lipinski definition) is 2. The summed E-state index contributed by atoms with van der Waals surface area (Å²) in [6.07, 6.45) is 6.50. The van der Waals surface area contributed by atoms with Crippen LogP contribution in [0, 0.1) is 5.92 Å². The van der Waals surface area contributed by atoms with Crippen LogP contribution in [0.3, 0.4) is 0 Å². The lowest BCUT2D eigenvalue weighted by molar-refractivity contribution is -0.145. The highest BCUT2D eigenvalue weighted by molar-refractivity contribution is 6.03. The molecule has 11 nitrogen and oxygen atoms in total. The molecule has 0 bridgehead atoms. The zero-order chi connectivity index (χ0) is 23.5. The second-order valence-electron chi connectivity index (χ2n) is 7.16. The molecule has 2 N–H and O–H groups in total. The van der Waals surface area contributed by atoms with Crippen LogP contribution in [0.1, 0.15) is 23.1 Å². The number of benzene rings is 1. The number of fused-ring (bicyclic) bond motifs is 1.